The lowest BCUT2D eigenvalue weighted by Crippen LogP contribution is -2.63. The Bertz CT molecular complexity index is 1690. The first-order valence-corrected chi connectivity index (χ1v) is 18.6. The van der Waals surface area contributed by atoms with Gasteiger partial charge in [-0.25, -0.2) is 4.79 Å². The minimum Gasteiger partial charge on any atom is -0.497 e. The van der Waals surface area contributed by atoms with E-state index in [4.69, 9.17) is 62.4 Å². The Labute approximate surface area is 344 Å². The second kappa shape index (κ2) is 24.4. The normalized spacial score (nSPS) is 25.9. The van der Waals surface area contributed by atoms with Crippen LogP contribution in [-0.4, -0.2) is 143 Å². The number of nitrogens with zero attached hydrogens (tertiary/aromatic N) is 3. The van der Waals surface area contributed by atoms with Crippen LogP contribution in [0.15, 0.2) is 29.4 Å². The highest BCUT2D eigenvalue weighted by Crippen LogP contribution is 2.32. The molecule has 332 valence electrons. The summed E-state index contributed by atoms with van der Waals surface area (Å²) in [5.74, 6) is -4.03. The van der Waals surface area contributed by atoms with E-state index in [0.717, 1.165) is 41.5 Å². The molecular formula is C37H50N4O19. The maximum absolute atomic E-state index is 13.0. The van der Waals surface area contributed by atoms with E-state index in [1.807, 2.05) is 0 Å². The molecule has 0 unspecified atom stereocenters. The smallest absolute Gasteiger partial charge is 0.407 e. The number of alkyl carbamates (subject to hydrolysis) is 1. The molecular weight excluding hydrogens is 804 g/mol. The van der Waals surface area contributed by atoms with E-state index in [0.29, 0.717) is 11.3 Å². The van der Waals surface area contributed by atoms with Gasteiger partial charge in [-0.15, -0.1) is 0 Å². The van der Waals surface area contributed by atoms with E-state index in [9.17, 15) is 33.6 Å². The van der Waals surface area contributed by atoms with Crippen molar-refractivity contribution >= 4 is 41.9 Å². The third-order valence-electron chi connectivity index (χ3n) is 8.49. The van der Waals surface area contributed by atoms with Gasteiger partial charge in [0.1, 0.15) is 37.3 Å². The van der Waals surface area contributed by atoms with Crippen molar-refractivity contribution in [2.24, 2.45) is 5.11 Å². The molecule has 0 aromatic heterocycles. The average Bonchev–Trinajstić information content (AvgIpc) is 3.17. The summed E-state index contributed by atoms with van der Waals surface area (Å²) in [4.78, 5) is 88.1. The van der Waals surface area contributed by atoms with Crippen LogP contribution in [0.1, 0.15) is 53.5 Å². The molecule has 1 amide bonds. The Hall–Kier alpha value is -5.74. The Morgan fingerprint density at radius 2 is 1.17 bits per heavy atom. The predicted molar refractivity (Wildman–Crippen MR) is 197 cm³/mol. The highest BCUT2D eigenvalue weighted by molar-refractivity contribution is 5.69. The quantitative estimate of drug-likeness (QED) is 0.0488. The van der Waals surface area contributed by atoms with Crippen LogP contribution in [0.4, 0.5) is 4.79 Å². The number of benzene rings is 1. The van der Waals surface area contributed by atoms with E-state index < -0.39 is 116 Å². The molecule has 1 N–H and O–H groups in total. The van der Waals surface area contributed by atoms with Gasteiger partial charge in [0, 0.05) is 59.5 Å². The van der Waals surface area contributed by atoms with Crippen LogP contribution >= 0.6 is 0 Å². The first kappa shape index (κ1) is 48.6. The number of carbonyl (C=O) groups excluding carboxylic acids is 7. The van der Waals surface area contributed by atoms with Crippen molar-refractivity contribution in [2.45, 2.75) is 116 Å². The minimum atomic E-state index is -1.49. The van der Waals surface area contributed by atoms with E-state index in [2.05, 4.69) is 15.3 Å². The van der Waals surface area contributed by atoms with Gasteiger partial charge in [-0.2, -0.15) is 0 Å². The summed E-state index contributed by atoms with van der Waals surface area (Å²) in [5.41, 5.74) is 9.54. The van der Waals surface area contributed by atoms with Crippen molar-refractivity contribution in [3.63, 3.8) is 0 Å². The van der Waals surface area contributed by atoms with E-state index >= 15 is 0 Å². The van der Waals surface area contributed by atoms with Crippen LogP contribution in [0.3, 0.4) is 0 Å². The molecule has 23 heteroatoms. The second-order valence-electron chi connectivity index (χ2n) is 13.2. The number of amides is 1. The lowest BCUT2D eigenvalue weighted by molar-refractivity contribution is -0.307. The van der Waals surface area contributed by atoms with Crippen LogP contribution in [0, 0.1) is 0 Å². The fourth-order valence-corrected chi connectivity index (χ4v) is 6.22. The van der Waals surface area contributed by atoms with Gasteiger partial charge in [0.2, 0.25) is 0 Å². The number of carbonyl (C=O) groups is 7. The van der Waals surface area contributed by atoms with Gasteiger partial charge < -0.3 is 62.2 Å². The predicted octanol–water partition coefficient (Wildman–Crippen LogP) is 1.74. The number of nitrogens with one attached hydrogen (secondary N) is 1. The zero-order valence-electron chi connectivity index (χ0n) is 34.1. The van der Waals surface area contributed by atoms with E-state index in [1.165, 1.54) is 7.11 Å². The number of hydrogen-bond donors (Lipinski definition) is 1. The zero-order chi connectivity index (χ0) is 44.4. The molecule has 0 spiro atoms. The number of methoxy groups -OCH3 is 1. The van der Waals surface area contributed by atoms with Gasteiger partial charge in [0.15, 0.2) is 36.8 Å². The number of hydrogen-bond acceptors (Lipinski definition) is 20. The molecule has 0 aliphatic carbocycles. The molecule has 1 aromatic rings. The summed E-state index contributed by atoms with van der Waals surface area (Å²) in [6, 6.07) is 6.88. The highest BCUT2D eigenvalue weighted by Gasteiger charge is 2.53. The Morgan fingerprint density at radius 3 is 1.72 bits per heavy atom. The molecule has 60 heavy (non-hydrogen) atoms. The minimum absolute atomic E-state index is 0.0181. The summed E-state index contributed by atoms with van der Waals surface area (Å²) in [6.45, 7) is 5.01. The third kappa shape index (κ3) is 15.8. The summed E-state index contributed by atoms with van der Waals surface area (Å²) in [5, 5.41) is 6.00. The fraction of sp³-hybridized carbons (Fsp3) is 0.649. The average molecular weight is 855 g/mol. The molecule has 23 nitrogen and oxygen atoms in total. The number of ether oxygens (including phenoxy) is 12. The van der Waals surface area contributed by atoms with Gasteiger partial charge in [0.25, 0.3) is 0 Å². The summed E-state index contributed by atoms with van der Waals surface area (Å²) in [7, 11) is 1.51. The molecule has 2 saturated heterocycles. The van der Waals surface area contributed by atoms with Gasteiger partial charge in [-0.1, -0.05) is 17.2 Å². The number of azide groups is 1. The van der Waals surface area contributed by atoms with Crippen LogP contribution < -0.4 is 10.1 Å². The molecule has 2 aliphatic rings. The van der Waals surface area contributed by atoms with Crippen molar-refractivity contribution < 1.29 is 90.4 Å². The standard InChI is InChI=1S/C37H50N4O19/c1-19(42)51-17-29-32(55-21(3)44)34(57-23(5)46)35(58-24(6)47)36(60-29)50-15-14-39-37(48)53-18-28-30(52-16-25-8-10-26(49-7)11-9-25)33(56-22(4)45)31(54-20(2)43)27(59-28)12-13-40-41-38/h8-11,27-36H,12-18H2,1-7H3,(H,39,48)/t27-,28+,29+,30+,31-,32+,33-,34-,35+,36+/m0/s1. The van der Waals surface area contributed by atoms with Crippen molar-refractivity contribution in [1.82, 2.24) is 5.32 Å². The largest absolute Gasteiger partial charge is 0.497 e. The first-order valence-electron chi connectivity index (χ1n) is 18.6. The molecule has 2 heterocycles. The van der Waals surface area contributed by atoms with Crippen LogP contribution in [0.25, 0.3) is 10.4 Å². The summed E-state index contributed by atoms with van der Waals surface area (Å²) < 4.78 is 67.1. The van der Waals surface area contributed by atoms with Crippen molar-refractivity contribution in [3.8, 4) is 5.75 Å². The molecule has 10 atom stereocenters. The Balaban J connectivity index is 1.77. The molecule has 0 saturated carbocycles. The first-order chi connectivity index (χ1) is 28.5. The maximum Gasteiger partial charge on any atom is 0.407 e. The van der Waals surface area contributed by atoms with Crippen molar-refractivity contribution in [1.29, 1.82) is 0 Å². The molecule has 3 rings (SSSR count). The maximum atomic E-state index is 13.0. The molecule has 1 aromatic carbocycles. The second-order valence-corrected chi connectivity index (χ2v) is 13.2. The Morgan fingerprint density at radius 1 is 0.650 bits per heavy atom. The van der Waals surface area contributed by atoms with Crippen LogP contribution in [0.2, 0.25) is 0 Å². The lowest BCUT2D eigenvalue weighted by atomic mass is 9.92. The molecule has 2 fully saturated rings. The summed E-state index contributed by atoms with van der Waals surface area (Å²) >= 11 is 0. The third-order valence-corrected chi connectivity index (χ3v) is 8.49. The molecule has 0 bridgehead atoms. The van der Waals surface area contributed by atoms with Crippen molar-refractivity contribution in [2.75, 3.05) is 40.0 Å². The van der Waals surface area contributed by atoms with E-state index in [-0.39, 0.29) is 32.7 Å². The van der Waals surface area contributed by atoms with Crippen LogP contribution in [0.5, 0.6) is 5.75 Å². The summed E-state index contributed by atoms with van der Waals surface area (Å²) in [6.07, 6.45) is -13.8. The van der Waals surface area contributed by atoms with E-state index in [1.54, 1.807) is 24.3 Å². The Kier molecular flexibility index (Phi) is 19.7. The number of rotatable bonds is 20. The molecule has 2 aliphatic heterocycles. The monoisotopic (exact) mass is 854 g/mol. The van der Waals surface area contributed by atoms with Crippen LogP contribution in [-0.2, 0) is 87.5 Å². The van der Waals surface area contributed by atoms with Gasteiger partial charge in [-0.3, -0.25) is 28.8 Å². The SMILES string of the molecule is COc1ccc(CO[C@H]2[C@H](OC(C)=O)[C@@H](OC(C)=O)[C@H](CCN=[N+]=[N-])O[C@@H]2COC(=O)NCCO[C@@H]2O[C@H](COC(C)=O)[C@@H](OC(C)=O)[C@H](OC(C)=O)[C@H]2OC(C)=O)cc1. The molecule has 0 radical (unpaired) electrons. The van der Waals surface area contributed by atoms with Crippen molar-refractivity contribution in [3.05, 3.63) is 40.3 Å². The number of esters is 6. The highest BCUT2D eigenvalue weighted by atomic mass is 16.7. The zero-order valence-corrected chi connectivity index (χ0v) is 34.1. The topological polar surface area (TPSA) is 291 Å². The van der Waals surface area contributed by atoms with Gasteiger partial charge in [0.05, 0.1) is 26.4 Å². The van der Waals surface area contributed by atoms with Gasteiger partial charge >= 0.3 is 41.9 Å². The fourth-order valence-electron chi connectivity index (χ4n) is 6.22. The van der Waals surface area contributed by atoms with Gasteiger partial charge in [-0.05, 0) is 29.6 Å². The lowest BCUT2D eigenvalue weighted by Gasteiger charge is -2.45.